The Morgan fingerprint density at radius 1 is 0.871 bits per heavy atom. The number of hydrogen-bond acceptors (Lipinski definition) is 2. The summed E-state index contributed by atoms with van der Waals surface area (Å²) in [7, 11) is -4.03. The molecule has 0 spiro atoms. The molecular formula is C24H24F3NO2S. The van der Waals surface area contributed by atoms with E-state index in [0.29, 0.717) is 18.4 Å². The molecule has 3 aromatic rings. The van der Waals surface area contributed by atoms with E-state index in [-0.39, 0.29) is 6.54 Å². The van der Waals surface area contributed by atoms with Gasteiger partial charge in [-0.25, -0.2) is 13.1 Å². The average Bonchev–Trinajstić information content (AvgIpc) is 2.74. The largest absolute Gasteiger partial charge is 0.416 e. The van der Waals surface area contributed by atoms with Crippen LogP contribution >= 0.6 is 0 Å². The Balaban J connectivity index is 1.61. The van der Waals surface area contributed by atoms with Crippen molar-refractivity contribution in [2.45, 2.75) is 37.3 Å². The fourth-order valence-electron chi connectivity index (χ4n) is 3.18. The molecule has 0 aliphatic heterocycles. The zero-order chi connectivity index (χ0) is 22.6. The molecule has 1 N–H and O–H groups in total. The second kappa shape index (κ2) is 9.24. The molecule has 7 heteroatoms. The summed E-state index contributed by atoms with van der Waals surface area (Å²) in [5.41, 5.74) is 3.36. The van der Waals surface area contributed by atoms with E-state index in [1.807, 2.05) is 24.3 Å². The van der Waals surface area contributed by atoms with Crippen LogP contribution in [0, 0.1) is 0 Å². The van der Waals surface area contributed by atoms with Crippen LogP contribution in [-0.2, 0) is 22.6 Å². The first kappa shape index (κ1) is 23.0. The third kappa shape index (κ3) is 5.95. The lowest BCUT2D eigenvalue weighted by molar-refractivity contribution is -0.137. The smallest absolute Gasteiger partial charge is 0.211 e. The summed E-state index contributed by atoms with van der Waals surface area (Å²) in [6.07, 6.45) is -4.17. The lowest BCUT2D eigenvalue weighted by Crippen LogP contribution is -2.26. The van der Waals surface area contributed by atoms with Crippen LogP contribution in [0.4, 0.5) is 13.2 Å². The van der Waals surface area contributed by atoms with Gasteiger partial charge in [-0.2, -0.15) is 13.2 Å². The maximum atomic E-state index is 12.8. The first-order chi connectivity index (χ1) is 14.6. The summed E-state index contributed by atoms with van der Waals surface area (Å²) in [6, 6.07) is 19.9. The molecule has 0 aliphatic carbocycles. The minimum absolute atomic E-state index is 0.0843. The highest BCUT2D eigenvalue weighted by Crippen LogP contribution is 2.30. The maximum absolute atomic E-state index is 12.8. The summed E-state index contributed by atoms with van der Waals surface area (Å²) in [5.74, 6) is 0.469. The van der Waals surface area contributed by atoms with E-state index in [0.717, 1.165) is 34.9 Å². The molecule has 0 amide bonds. The van der Waals surface area contributed by atoms with Crippen molar-refractivity contribution in [1.29, 1.82) is 0 Å². The summed E-state index contributed by atoms with van der Waals surface area (Å²) >= 11 is 0. The molecule has 0 saturated heterocycles. The Morgan fingerprint density at radius 3 is 2.00 bits per heavy atom. The molecule has 0 heterocycles. The Bertz CT molecular complexity index is 1120. The van der Waals surface area contributed by atoms with Crippen LogP contribution in [0.3, 0.4) is 0 Å². The predicted octanol–water partition coefficient (Wildman–Crippen LogP) is 6.02. The molecule has 0 bridgehead atoms. The number of sulfonamides is 1. The van der Waals surface area contributed by atoms with Crippen LogP contribution in [0.1, 0.15) is 36.5 Å². The maximum Gasteiger partial charge on any atom is 0.416 e. The van der Waals surface area contributed by atoms with Gasteiger partial charge in [0.25, 0.3) is 0 Å². The van der Waals surface area contributed by atoms with Gasteiger partial charge >= 0.3 is 6.18 Å². The average molecular weight is 448 g/mol. The highest BCUT2D eigenvalue weighted by atomic mass is 32.2. The van der Waals surface area contributed by atoms with Gasteiger partial charge in [-0.3, -0.25) is 0 Å². The first-order valence-corrected chi connectivity index (χ1v) is 11.4. The van der Waals surface area contributed by atoms with Crippen molar-refractivity contribution in [1.82, 2.24) is 4.72 Å². The molecule has 0 aromatic heterocycles. The van der Waals surface area contributed by atoms with Crippen molar-refractivity contribution in [3.8, 4) is 11.1 Å². The van der Waals surface area contributed by atoms with Crippen LogP contribution in [-0.4, -0.2) is 15.0 Å². The SMILES string of the molecule is CC(C)c1ccc(-c2ccc(CCNS(=O)(=O)c3cccc(C(F)(F)F)c3)cc2)cc1. The molecule has 0 fully saturated rings. The molecule has 0 saturated carbocycles. The monoisotopic (exact) mass is 447 g/mol. The molecular weight excluding hydrogens is 423 g/mol. The van der Waals surface area contributed by atoms with Crippen molar-refractivity contribution in [3.05, 3.63) is 89.5 Å². The van der Waals surface area contributed by atoms with Crippen molar-refractivity contribution >= 4 is 10.0 Å². The predicted molar refractivity (Wildman–Crippen MR) is 116 cm³/mol. The van der Waals surface area contributed by atoms with Gasteiger partial charge in [0.15, 0.2) is 0 Å². The molecule has 3 nitrogen and oxygen atoms in total. The van der Waals surface area contributed by atoms with Crippen molar-refractivity contribution in [2.75, 3.05) is 6.54 Å². The number of nitrogens with one attached hydrogen (secondary N) is 1. The molecule has 0 aliphatic rings. The van der Waals surface area contributed by atoms with Crippen molar-refractivity contribution in [2.24, 2.45) is 0 Å². The fourth-order valence-corrected chi connectivity index (χ4v) is 4.25. The minimum Gasteiger partial charge on any atom is -0.211 e. The third-order valence-corrected chi connectivity index (χ3v) is 6.50. The Hall–Kier alpha value is -2.64. The quantitative estimate of drug-likeness (QED) is 0.482. The van der Waals surface area contributed by atoms with Gasteiger partial charge in [0.2, 0.25) is 10.0 Å². The Labute approximate surface area is 181 Å². The highest BCUT2D eigenvalue weighted by molar-refractivity contribution is 7.89. The molecule has 3 rings (SSSR count). The van der Waals surface area contributed by atoms with Crippen LogP contribution in [0.5, 0.6) is 0 Å². The van der Waals surface area contributed by atoms with E-state index in [9.17, 15) is 21.6 Å². The molecule has 31 heavy (non-hydrogen) atoms. The number of rotatable bonds is 7. The molecule has 0 unspecified atom stereocenters. The number of halogens is 3. The zero-order valence-corrected chi connectivity index (χ0v) is 18.1. The molecule has 3 aromatic carbocycles. The highest BCUT2D eigenvalue weighted by Gasteiger charge is 2.31. The van der Waals surface area contributed by atoms with Gasteiger partial charge in [-0.15, -0.1) is 0 Å². The van der Waals surface area contributed by atoms with E-state index in [4.69, 9.17) is 0 Å². The summed E-state index contributed by atoms with van der Waals surface area (Å²) in [6.45, 7) is 4.37. The topological polar surface area (TPSA) is 46.2 Å². The van der Waals surface area contributed by atoms with Crippen molar-refractivity contribution in [3.63, 3.8) is 0 Å². The summed E-state index contributed by atoms with van der Waals surface area (Å²) < 4.78 is 65.5. The van der Waals surface area contributed by atoms with Crippen LogP contribution in [0.25, 0.3) is 11.1 Å². The molecule has 164 valence electrons. The number of hydrogen-bond donors (Lipinski definition) is 1. The Kier molecular flexibility index (Phi) is 6.86. The standard InChI is InChI=1S/C24H24F3NO2S/c1-17(2)19-10-12-21(13-11-19)20-8-6-18(7-9-20)14-15-28-31(29,30)23-5-3-4-22(16-23)24(25,26)27/h3-13,16-17,28H,14-15H2,1-2H3. The molecule has 0 radical (unpaired) electrons. The van der Waals surface area contributed by atoms with E-state index in [1.54, 1.807) is 0 Å². The van der Waals surface area contributed by atoms with Crippen LogP contribution < -0.4 is 4.72 Å². The normalized spacial score (nSPS) is 12.3. The van der Waals surface area contributed by atoms with E-state index >= 15 is 0 Å². The second-order valence-electron chi connectivity index (χ2n) is 7.65. The van der Waals surface area contributed by atoms with Gasteiger partial charge in [-0.05, 0) is 52.8 Å². The van der Waals surface area contributed by atoms with Gasteiger partial charge in [-0.1, -0.05) is 68.4 Å². The van der Waals surface area contributed by atoms with Crippen LogP contribution in [0.15, 0.2) is 77.7 Å². The summed E-state index contributed by atoms with van der Waals surface area (Å²) in [4.78, 5) is -0.400. The van der Waals surface area contributed by atoms with E-state index < -0.39 is 26.7 Å². The lowest BCUT2D eigenvalue weighted by Gasteiger charge is -2.11. The number of alkyl halides is 3. The fraction of sp³-hybridized carbons (Fsp3) is 0.250. The van der Waals surface area contributed by atoms with Crippen molar-refractivity contribution < 1.29 is 21.6 Å². The van der Waals surface area contributed by atoms with Crippen LogP contribution in [0.2, 0.25) is 0 Å². The second-order valence-corrected chi connectivity index (χ2v) is 9.41. The van der Waals surface area contributed by atoms with E-state index in [2.05, 4.69) is 42.8 Å². The van der Waals surface area contributed by atoms with Gasteiger partial charge in [0.1, 0.15) is 0 Å². The van der Waals surface area contributed by atoms with E-state index in [1.165, 1.54) is 5.56 Å². The number of benzene rings is 3. The van der Waals surface area contributed by atoms with Gasteiger partial charge in [0, 0.05) is 6.54 Å². The minimum atomic E-state index is -4.59. The first-order valence-electron chi connectivity index (χ1n) is 9.92. The molecule has 0 atom stereocenters. The zero-order valence-electron chi connectivity index (χ0n) is 17.3. The Morgan fingerprint density at radius 2 is 1.45 bits per heavy atom. The van der Waals surface area contributed by atoms with Gasteiger partial charge in [0.05, 0.1) is 10.5 Å². The lowest BCUT2D eigenvalue weighted by atomic mass is 9.98. The summed E-state index contributed by atoms with van der Waals surface area (Å²) in [5, 5.41) is 0. The third-order valence-electron chi connectivity index (χ3n) is 5.04. The van der Waals surface area contributed by atoms with Gasteiger partial charge < -0.3 is 0 Å².